The minimum atomic E-state index is -0.468. The zero-order valence-corrected chi connectivity index (χ0v) is 14.8. The van der Waals surface area contributed by atoms with Crippen molar-refractivity contribution in [1.29, 1.82) is 0 Å². The van der Waals surface area contributed by atoms with E-state index >= 15 is 0 Å². The third-order valence-electron chi connectivity index (χ3n) is 3.85. The minimum absolute atomic E-state index is 0.0808. The average molecular weight is 373 g/mol. The molecule has 1 N–H and O–H groups in total. The Labute approximate surface area is 155 Å². The van der Waals surface area contributed by atoms with Gasteiger partial charge in [-0.05, 0) is 42.0 Å². The Kier molecular flexibility index (Phi) is 5.55. The average Bonchev–Trinajstić information content (AvgIpc) is 3.10. The summed E-state index contributed by atoms with van der Waals surface area (Å²) in [5.74, 6) is 1.93. The zero-order chi connectivity index (χ0) is 18.5. The molecule has 0 aliphatic rings. The van der Waals surface area contributed by atoms with Crippen LogP contribution in [0.4, 0.5) is 5.69 Å². The van der Waals surface area contributed by atoms with Crippen LogP contribution < -0.4 is 10.1 Å². The molecule has 1 heterocycles. The van der Waals surface area contributed by atoms with Crippen LogP contribution in [0.5, 0.6) is 5.75 Å². The van der Waals surface area contributed by atoms with Gasteiger partial charge in [0.15, 0.2) is 0 Å². The molecule has 2 aromatic carbocycles. The summed E-state index contributed by atoms with van der Waals surface area (Å²) in [6.07, 6.45) is 0. The minimum Gasteiger partial charge on any atom is -0.497 e. The highest BCUT2D eigenvalue weighted by atomic mass is 35.5. The summed E-state index contributed by atoms with van der Waals surface area (Å²) in [6, 6.07) is 15.8. The van der Waals surface area contributed by atoms with Crippen LogP contribution in [-0.2, 0) is 13.1 Å². The van der Waals surface area contributed by atoms with E-state index in [0.717, 1.165) is 11.3 Å². The van der Waals surface area contributed by atoms with Gasteiger partial charge in [0, 0.05) is 17.6 Å². The molecule has 1 aromatic heterocycles. The van der Waals surface area contributed by atoms with E-state index in [1.165, 1.54) is 6.07 Å². The first-order valence-electron chi connectivity index (χ1n) is 7.93. The molecular formula is C19H17ClN2O4. The lowest BCUT2D eigenvalue weighted by molar-refractivity contribution is -0.384. The second-order valence-corrected chi connectivity index (χ2v) is 6.08. The number of nitro groups is 1. The first-order chi connectivity index (χ1) is 12.6. The zero-order valence-electron chi connectivity index (χ0n) is 14.1. The van der Waals surface area contributed by atoms with Gasteiger partial charge in [0.2, 0.25) is 0 Å². The Balaban J connectivity index is 1.68. The molecule has 0 radical (unpaired) electrons. The quantitative estimate of drug-likeness (QED) is 0.475. The molecule has 0 saturated heterocycles. The second kappa shape index (κ2) is 8.03. The van der Waals surface area contributed by atoms with Gasteiger partial charge in [-0.2, -0.15) is 0 Å². The normalized spacial score (nSPS) is 10.7. The molecule has 0 bridgehead atoms. The first-order valence-corrected chi connectivity index (χ1v) is 8.31. The van der Waals surface area contributed by atoms with Crippen LogP contribution in [0.2, 0.25) is 5.02 Å². The van der Waals surface area contributed by atoms with Gasteiger partial charge in [0.05, 0.1) is 24.1 Å². The SMILES string of the molecule is COc1cccc(CNCc2ccc(-c3ccc(Cl)cc3[N+](=O)[O-])o2)c1. The lowest BCUT2D eigenvalue weighted by Gasteiger charge is -2.05. The van der Waals surface area contributed by atoms with Crippen LogP contribution >= 0.6 is 11.6 Å². The molecule has 134 valence electrons. The van der Waals surface area contributed by atoms with Gasteiger partial charge >= 0.3 is 0 Å². The summed E-state index contributed by atoms with van der Waals surface area (Å²) in [7, 11) is 1.63. The first kappa shape index (κ1) is 18.0. The van der Waals surface area contributed by atoms with Crippen LogP contribution in [0.1, 0.15) is 11.3 Å². The predicted molar refractivity (Wildman–Crippen MR) is 99.3 cm³/mol. The Morgan fingerprint density at radius 3 is 2.77 bits per heavy atom. The van der Waals surface area contributed by atoms with Crippen molar-refractivity contribution in [2.24, 2.45) is 0 Å². The van der Waals surface area contributed by atoms with Gasteiger partial charge < -0.3 is 14.5 Å². The highest BCUT2D eigenvalue weighted by Crippen LogP contribution is 2.33. The molecular weight excluding hydrogens is 356 g/mol. The Morgan fingerprint density at radius 2 is 2.00 bits per heavy atom. The van der Waals surface area contributed by atoms with Crippen LogP contribution in [0.3, 0.4) is 0 Å². The number of furan rings is 1. The van der Waals surface area contributed by atoms with Crippen LogP contribution in [0.15, 0.2) is 59.0 Å². The molecule has 0 atom stereocenters. The number of halogens is 1. The fraction of sp³-hybridized carbons (Fsp3) is 0.158. The van der Waals surface area contributed by atoms with E-state index in [-0.39, 0.29) is 5.69 Å². The van der Waals surface area contributed by atoms with Crippen LogP contribution in [-0.4, -0.2) is 12.0 Å². The van der Waals surface area contributed by atoms with Crippen LogP contribution in [0.25, 0.3) is 11.3 Å². The number of hydrogen-bond donors (Lipinski definition) is 1. The molecule has 0 fully saturated rings. The summed E-state index contributed by atoms with van der Waals surface area (Å²) < 4.78 is 10.9. The maximum absolute atomic E-state index is 11.2. The lowest BCUT2D eigenvalue weighted by Crippen LogP contribution is -2.12. The Morgan fingerprint density at radius 1 is 1.15 bits per heavy atom. The summed E-state index contributed by atoms with van der Waals surface area (Å²) in [4.78, 5) is 10.8. The van der Waals surface area contributed by atoms with E-state index in [1.54, 1.807) is 31.4 Å². The molecule has 3 aromatic rings. The van der Waals surface area contributed by atoms with Crippen molar-refractivity contribution in [3.63, 3.8) is 0 Å². The number of nitrogens with zero attached hydrogens (tertiary/aromatic N) is 1. The Hall–Kier alpha value is -2.83. The molecule has 0 spiro atoms. The number of methoxy groups -OCH3 is 1. The van der Waals surface area contributed by atoms with Crippen molar-refractivity contribution in [2.45, 2.75) is 13.1 Å². The number of ether oxygens (including phenoxy) is 1. The van der Waals surface area contributed by atoms with Crippen molar-refractivity contribution in [3.8, 4) is 17.1 Å². The van der Waals surface area contributed by atoms with E-state index in [0.29, 0.717) is 35.2 Å². The van der Waals surface area contributed by atoms with Gasteiger partial charge in [-0.15, -0.1) is 0 Å². The maximum atomic E-state index is 11.2. The summed E-state index contributed by atoms with van der Waals surface area (Å²) in [6.45, 7) is 1.15. The van der Waals surface area contributed by atoms with E-state index in [9.17, 15) is 10.1 Å². The van der Waals surface area contributed by atoms with E-state index in [4.69, 9.17) is 20.8 Å². The van der Waals surface area contributed by atoms with E-state index in [2.05, 4.69) is 5.32 Å². The smallest absolute Gasteiger partial charge is 0.281 e. The van der Waals surface area contributed by atoms with Crippen molar-refractivity contribution in [2.75, 3.05) is 7.11 Å². The molecule has 6 nitrogen and oxygen atoms in total. The maximum Gasteiger partial charge on any atom is 0.281 e. The number of hydrogen-bond acceptors (Lipinski definition) is 5. The topological polar surface area (TPSA) is 77.5 Å². The lowest BCUT2D eigenvalue weighted by atomic mass is 10.1. The largest absolute Gasteiger partial charge is 0.497 e. The summed E-state index contributed by atoms with van der Waals surface area (Å²) >= 11 is 5.85. The summed E-state index contributed by atoms with van der Waals surface area (Å²) in [5, 5.41) is 14.8. The molecule has 0 aliphatic heterocycles. The molecule has 26 heavy (non-hydrogen) atoms. The third-order valence-corrected chi connectivity index (χ3v) is 4.08. The van der Waals surface area contributed by atoms with Crippen LogP contribution in [0, 0.1) is 10.1 Å². The van der Waals surface area contributed by atoms with E-state index < -0.39 is 4.92 Å². The molecule has 7 heteroatoms. The molecule has 0 saturated carbocycles. The van der Waals surface area contributed by atoms with Gasteiger partial charge in [-0.1, -0.05) is 23.7 Å². The number of rotatable bonds is 7. The standard InChI is InChI=1S/C19H17ClN2O4/c1-25-15-4-2-3-13(9-15)11-21-12-16-6-8-19(26-16)17-7-5-14(20)10-18(17)22(23)24/h2-10,21H,11-12H2,1H3. The summed E-state index contributed by atoms with van der Waals surface area (Å²) in [5.41, 5.74) is 1.41. The van der Waals surface area contributed by atoms with Crippen molar-refractivity contribution < 1.29 is 14.1 Å². The Bertz CT molecular complexity index is 923. The van der Waals surface area contributed by atoms with Gasteiger partial charge in [-0.3, -0.25) is 10.1 Å². The molecule has 0 unspecified atom stereocenters. The molecule has 0 amide bonds. The fourth-order valence-electron chi connectivity index (χ4n) is 2.59. The van der Waals surface area contributed by atoms with Crippen molar-refractivity contribution in [1.82, 2.24) is 5.32 Å². The molecule has 3 rings (SSSR count). The number of nitro benzene ring substituents is 1. The van der Waals surface area contributed by atoms with E-state index in [1.807, 2.05) is 24.3 Å². The number of benzene rings is 2. The highest BCUT2D eigenvalue weighted by Gasteiger charge is 2.18. The van der Waals surface area contributed by atoms with Gasteiger partial charge in [0.25, 0.3) is 5.69 Å². The number of nitrogens with one attached hydrogen (secondary N) is 1. The third kappa shape index (κ3) is 4.22. The predicted octanol–water partition coefficient (Wildman–Crippen LogP) is 4.81. The van der Waals surface area contributed by atoms with Crippen molar-refractivity contribution >= 4 is 17.3 Å². The molecule has 0 aliphatic carbocycles. The van der Waals surface area contributed by atoms with Gasteiger partial charge in [0.1, 0.15) is 17.3 Å². The fourth-order valence-corrected chi connectivity index (χ4v) is 2.76. The highest BCUT2D eigenvalue weighted by molar-refractivity contribution is 6.30. The van der Waals surface area contributed by atoms with Gasteiger partial charge in [-0.25, -0.2) is 0 Å². The monoisotopic (exact) mass is 372 g/mol. The second-order valence-electron chi connectivity index (χ2n) is 5.64. The van der Waals surface area contributed by atoms with Crippen molar-refractivity contribution in [3.05, 3.63) is 81.1 Å².